The van der Waals surface area contributed by atoms with Crippen molar-refractivity contribution in [1.82, 2.24) is 68.9 Å². The maximum atomic E-state index is 14.7. The van der Waals surface area contributed by atoms with Gasteiger partial charge in [-0.25, -0.2) is 59.8 Å². The second-order valence-electron chi connectivity index (χ2n) is 20.8. The van der Waals surface area contributed by atoms with Gasteiger partial charge in [-0.3, -0.25) is 0 Å². The Balaban J connectivity index is 1.13. The van der Waals surface area contributed by atoms with Crippen LogP contribution in [0.3, 0.4) is 0 Å². The van der Waals surface area contributed by atoms with Crippen LogP contribution in [0.5, 0.6) is 0 Å². The molecule has 0 aliphatic carbocycles. The summed E-state index contributed by atoms with van der Waals surface area (Å²) >= 11 is 0. The van der Waals surface area contributed by atoms with Crippen LogP contribution in [0.1, 0.15) is 63.3 Å². The van der Waals surface area contributed by atoms with E-state index >= 15 is 0 Å². The zero-order chi connectivity index (χ0) is 57.7. The molecule has 0 radical (unpaired) electrons. The van der Waals surface area contributed by atoms with Crippen molar-refractivity contribution in [3.05, 3.63) is 191 Å². The summed E-state index contributed by atoms with van der Waals surface area (Å²) in [4.78, 5) is 55.6. The molecular formula is C65H48F3N15. The predicted molar refractivity (Wildman–Crippen MR) is 314 cm³/mol. The Labute approximate surface area is 473 Å². The highest BCUT2D eigenvalue weighted by atomic mass is 19.4. The second-order valence-corrected chi connectivity index (χ2v) is 20.8. The number of fused-ring (bicyclic) bond motifs is 6. The van der Waals surface area contributed by atoms with E-state index in [-0.39, 0.29) is 0 Å². The van der Waals surface area contributed by atoms with Crippen LogP contribution in [0.15, 0.2) is 127 Å². The van der Waals surface area contributed by atoms with Crippen molar-refractivity contribution >= 4 is 43.6 Å². The molecule has 0 aliphatic heterocycles. The smallest absolute Gasteiger partial charge is 0.309 e. The second kappa shape index (κ2) is 19.6. The number of benzene rings is 7. The van der Waals surface area contributed by atoms with E-state index in [1.807, 2.05) is 134 Å². The largest absolute Gasteiger partial charge is 0.416 e. The summed E-state index contributed by atoms with van der Waals surface area (Å²) in [7, 11) is 0. The minimum Gasteiger partial charge on any atom is -0.309 e. The summed E-state index contributed by atoms with van der Waals surface area (Å²) in [5.41, 5.74) is 9.96. The molecule has 0 fully saturated rings. The number of nitrogens with zero attached hydrogens (tertiary/aromatic N) is 15. The summed E-state index contributed by atoms with van der Waals surface area (Å²) in [5, 5.41) is 14.2. The average Bonchev–Trinajstić information content (AvgIpc) is 2.19. The highest BCUT2D eigenvalue weighted by Gasteiger charge is 2.31. The third-order valence-electron chi connectivity index (χ3n) is 14.6. The molecule has 13 rings (SSSR count). The number of halogens is 3. The first-order chi connectivity index (χ1) is 39.8. The van der Waals surface area contributed by atoms with Gasteiger partial charge >= 0.3 is 6.18 Å². The van der Waals surface area contributed by atoms with Crippen LogP contribution >= 0.6 is 0 Å². The average molecular weight is 1100 g/mol. The summed E-state index contributed by atoms with van der Waals surface area (Å²) < 4.78 is 48.4. The number of hydrogen-bond acceptors (Lipinski definition) is 13. The van der Waals surface area contributed by atoms with Crippen molar-refractivity contribution in [2.24, 2.45) is 0 Å². The third-order valence-corrected chi connectivity index (χ3v) is 14.6. The van der Waals surface area contributed by atoms with E-state index < -0.39 is 11.7 Å². The highest BCUT2D eigenvalue weighted by Crippen LogP contribution is 2.45. The third kappa shape index (κ3) is 9.41. The van der Waals surface area contributed by atoms with Gasteiger partial charge in [-0.2, -0.15) is 18.4 Å². The van der Waals surface area contributed by atoms with Gasteiger partial charge in [0, 0.05) is 54.9 Å². The predicted octanol–water partition coefficient (Wildman–Crippen LogP) is 14.3. The standard InChI is InChI=1S/C65H48F3N15/c1-32-22-47(25-48(23-32)65(66,67)68)42-11-17-55(82-56-18-12-43(61-74-33(2)70-34(3)75-61)27-51(56)52-28-44(13-19-57(52)82)62-76-35(4)71-36(5)77-62)50(26-42)49-16-10-41(31-69)24-60(49)83-58-20-14-45(63-78-37(6)72-38(7)79-63)29-53(58)54-30-46(15-21-59(54)83)64-80-39(8)73-40(9)81-64/h10-30H,1-9H3. The molecular weight excluding hydrogens is 1050 g/mol. The zero-order valence-corrected chi connectivity index (χ0v) is 46.5. The van der Waals surface area contributed by atoms with Crippen LogP contribution in [0.4, 0.5) is 13.2 Å². The van der Waals surface area contributed by atoms with E-state index in [2.05, 4.69) is 59.4 Å². The molecule has 0 saturated carbocycles. The van der Waals surface area contributed by atoms with E-state index in [1.165, 1.54) is 6.07 Å². The lowest BCUT2D eigenvalue weighted by Gasteiger charge is -2.20. The van der Waals surface area contributed by atoms with Gasteiger partial charge in [-0.05, 0) is 188 Å². The molecule has 6 heterocycles. The molecule has 0 bridgehead atoms. The minimum atomic E-state index is -4.60. The van der Waals surface area contributed by atoms with Crippen LogP contribution in [-0.4, -0.2) is 68.9 Å². The van der Waals surface area contributed by atoms with Crippen LogP contribution in [-0.2, 0) is 6.18 Å². The first-order valence-corrected chi connectivity index (χ1v) is 26.7. The Hall–Kier alpha value is -10.5. The summed E-state index contributed by atoms with van der Waals surface area (Å²) in [6.45, 7) is 16.3. The molecule has 0 spiro atoms. The van der Waals surface area contributed by atoms with Gasteiger partial charge in [-0.15, -0.1) is 0 Å². The Bertz CT molecular complexity index is 4640. The van der Waals surface area contributed by atoms with E-state index in [0.717, 1.165) is 71.9 Å². The highest BCUT2D eigenvalue weighted by molar-refractivity contribution is 6.14. The lowest BCUT2D eigenvalue weighted by atomic mass is 9.93. The number of alkyl halides is 3. The summed E-state index contributed by atoms with van der Waals surface area (Å²) in [6.07, 6.45) is -4.60. The maximum absolute atomic E-state index is 14.7. The van der Waals surface area contributed by atoms with Gasteiger partial charge < -0.3 is 9.13 Å². The van der Waals surface area contributed by atoms with Gasteiger partial charge in [0.05, 0.1) is 50.6 Å². The SMILES string of the molecule is Cc1cc(-c2ccc(-n3c4ccc(-c5nc(C)nc(C)n5)cc4c4cc(-c5nc(C)nc(C)n5)ccc43)c(-c3ccc(C#N)cc3-n3c4ccc(-c5nc(C)nc(C)n5)cc4c4cc(-c5nc(C)nc(C)n5)ccc43)c2)cc(C(F)(F)F)c1. The van der Waals surface area contributed by atoms with Crippen LogP contribution in [0.25, 0.3) is 123 Å². The Morgan fingerprint density at radius 3 is 1.06 bits per heavy atom. The van der Waals surface area contributed by atoms with Crippen molar-refractivity contribution in [1.29, 1.82) is 5.26 Å². The normalized spacial score (nSPS) is 11.8. The number of nitriles is 1. The first-order valence-electron chi connectivity index (χ1n) is 26.7. The molecule has 7 aromatic carbocycles. The van der Waals surface area contributed by atoms with Gasteiger partial charge in [-0.1, -0.05) is 18.2 Å². The van der Waals surface area contributed by atoms with Crippen LogP contribution in [0.2, 0.25) is 0 Å². The number of rotatable bonds is 8. The molecule has 18 heteroatoms. The van der Waals surface area contributed by atoms with Gasteiger partial charge in [0.2, 0.25) is 0 Å². The van der Waals surface area contributed by atoms with Crippen LogP contribution < -0.4 is 0 Å². The topological polar surface area (TPSA) is 188 Å². The number of aromatic nitrogens is 14. The number of aryl methyl sites for hydroxylation is 9. The molecule has 0 unspecified atom stereocenters. The molecule has 0 N–H and O–H groups in total. The fourth-order valence-electron chi connectivity index (χ4n) is 11.4. The Kier molecular flexibility index (Phi) is 12.3. The van der Waals surface area contributed by atoms with Gasteiger partial charge in [0.1, 0.15) is 46.6 Å². The fourth-order valence-corrected chi connectivity index (χ4v) is 11.4. The van der Waals surface area contributed by atoms with Crippen LogP contribution in [0, 0.1) is 73.6 Å². The summed E-state index contributed by atoms with van der Waals surface area (Å²) in [6, 6.07) is 42.1. The Morgan fingerprint density at radius 1 is 0.337 bits per heavy atom. The summed E-state index contributed by atoms with van der Waals surface area (Å²) in [5.74, 6) is 6.73. The lowest BCUT2D eigenvalue weighted by Crippen LogP contribution is -2.05. The van der Waals surface area contributed by atoms with E-state index in [4.69, 9.17) is 39.9 Å². The molecule has 83 heavy (non-hydrogen) atoms. The lowest BCUT2D eigenvalue weighted by molar-refractivity contribution is -0.137. The van der Waals surface area contributed by atoms with Gasteiger partial charge in [0.15, 0.2) is 23.3 Å². The molecule has 0 saturated heterocycles. The zero-order valence-electron chi connectivity index (χ0n) is 46.5. The van der Waals surface area contributed by atoms with Crippen molar-refractivity contribution < 1.29 is 13.2 Å². The fraction of sp³-hybridized carbons (Fsp3) is 0.154. The van der Waals surface area contributed by atoms with Crippen molar-refractivity contribution in [2.45, 2.75) is 68.5 Å². The molecule has 0 amide bonds. The molecule has 0 atom stereocenters. The molecule has 15 nitrogen and oxygen atoms in total. The number of hydrogen-bond donors (Lipinski definition) is 0. The quantitative estimate of drug-likeness (QED) is 0.140. The molecule has 0 aliphatic rings. The minimum absolute atomic E-state index is 0.382. The maximum Gasteiger partial charge on any atom is 0.416 e. The van der Waals surface area contributed by atoms with Gasteiger partial charge in [0.25, 0.3) is 0 Å². The molecule has 6 aromatic heterocycles. The molecule has 13 aromatic rings. The monoisotopic (exact) mass is 1100 g/mol. The van der Waals surface area contributed by atoms with Crippen molar-refractivity contribution in [3.63, 3.8) is 0 Å². The van der Waals surface area contributed by atoms with Crippen molar-refractivity contribution in [2.75, 3.05) is 0 Å². The van der Waals surface area contributed by atoms with Crippen molar-refractivity contribution in [3.8, 4) is 85.2 Å². The Morgan fingerprint density at radius 2 is 0.699 bits per heavy atom. The van der Waals surface area contributed by atoms with E-state index in [1.54, 1.807) is 19.1 Å². The first kappa shape index (κ1) is 51.9. The molecule has 404 valence electrons. The van der Waals surface area contributed by atoms with E-state index in [0.29, 0.717) is 115 Å². The van der Waals surface area contributed by atoms with E-state index in [9.17, 15) is 18.4 Å².